The van der Waals surface area contributed by atoms with Gasteiger partial charge < -0.3 is 10.2 Å². The second kappa shape index (κ2) is 8.41. The Morgan fingerprint density at radius 2 is 2.05 bits per heavy atom. The quantitative estimate of drug-likeness (QED) is 0.321. The van der Waals surface area contributed by atoms with Crippen molar-refractivity contribution in [2.24, 2.45) is 10.4 Å². The summed E-state index contributed by atoms with van der Waals surface area (Å²) >= 11 is 0. The fraction of sp³-hybridized carbons (Fsp3) is 0.923. The van der Waals surface area contributed by atoms with E-state index >= 15 is 0 Å². The Morgan fingerprint density at radius 3 is 2.50 bits per heavy atom. The zero-order valence-corrected chi connectivity index (χ0v) is 16.1. The van der Waals surface area contributed by atoms with Gasteiger partial charge in [0.1, 0.15) is 9.84 Å². The lowest BCUT2D eigenvalue weighted by molar-refractivity contribution is 0.370. The maximum absolute atomic E-state index is 11.1. The van der Waals surface area contributed by atoms with Crippen molar-refractivity contribution in [2.45, 2.75) is 33.6 Å². The number of hydrogen-bond acceptors (Lipinski definition) is 3. The molecule has 120 valence electrons. The van der Waals surface area contributed by atoms with Crippen LogP contribution in [0.25, 0.3) is 0 Å². The predicted octanol–water partition coefficient (Wildman–Crippen LogP) is 1.74. The lowest BCUT2D eigenvalue weighted by atomic mass is 9.93. The molecule has 0 aromatic rings. The summed E-state index contributed by atoms with van der Waals surface area (Å²) in [6.45, 7) is 10.00. The van der Waals surface area contributed by atoms with E-state index < -0.39 is 9.84 Å². The third kappa shape index (κ3) is 7.66. The van der Waals surface area contributed by atoms with Crippen molar-refractivity contribution in [3.8, 4) is 0 Å². The van der Waals surface area contributed by atoms with Gasteiger partial charge in [0.15, 0.2) is 5.96 Å². The number of aliphatic imine (C=N–C) groups is 1. The molecule has 0 spiro atoms. The molecule has 7 heteroatoms. The second-order valence-corrected chi connectivity index (χ2v) is 8.31. The number of rotatable bonds is 5. The zero-order chi connectivity index (χ0) is 14.5. The maximum Gasteiger partial charge on any atom is 0.193 e. The third-order valence-electron chi connectivity index (χ3n) is 3.25. The van der Waals surface area contributed by atoms with Gasteiger partial charge in [-0.3, -0.25) is 4.99 Å². The molecule has 1 fully saturated rings. The van der Waals surface area contributed by atoms with E-state index in [4.69, 9.17) is 0 Å². The second-order valence-electron chi connectivity index (χ2n) is 6.05. The minimum atomic E-state index is -2.88. The highest BCUT2D eigenvalue weighted by Gasteiger charge is 2.30. The summed E-state index contributed by atoms with van der Waals surface area (Å²) in [7, 11) is -2.88. The average molecular weight is 417 g/mol. The zero-order valence-electron chi connectivity index (χ0n) is 13.0. The number of hydrogen-bond donors (Lipinski definition) is 1. The van der Waals surface area contributed by atoms with Crippen LogP contribution in [0, 0.1) is 5.41 Å². The molecule has 0 unspecified atom stereocenters. The minimum absolute atomic E-state index is 0. The van der Waals surface area contributed by atoms with E-state index in [0.29, 0.717) is 18.4 Å². The van der Waals surface area contributed by atoms with Crippen molar-refractivity contribution in [1.82, 2.24) is 10.2 Å². The van der Waals surface area contributed by atoms with Crippen LogP contribution >= 0.6 is 24.0 Å². The molecule has 1 N–H and O–H groups in total. The number of nitrogens with one attached hydrogen (secondary N) is 1. The first kappa shape index (κ1) is 19.9. The van der Waals surface area contributed by atoms with E-state index in [0.717, 1.165) is 25.6 Å². The maximum atomic E-state index is 11.1. The van der Waals surface area contributed by atoms with E-state index in [1.165, 1.54) is 12.7 Å². The summed E-state index contributed by atoms with van der Waals surface area (Å²) in [4.78, 5) is 6.80. The fourth-order valence-electron chi connectivity index (χ4n) is 2.23. The summed E-state index contributed by atoms with van der Waals surface area (Å²) in [6.07, 6.45) is 3.02. The van der Waals surface area contributed by atoms with Crippen molar-refractivity contribution in [3.05, 3.63) is 0 Å². The average Bonchev–Trinajstić information content (AvgIpc) is 2.62. The molecule has 1 rings (SSSR count). The van der Waals surface area contributed by atoms with E-state index in [9.17, 15) is 8.42 Å². The lowest BCUT2D eigenvalue weighted by Gasteiger charge is -2.23. The fourth-order valence-corrected chi connectivity index (χ4v) is 2.88. The summed E-state index contributed by atoms with van der Waals surface area (Å²) in [6, 6.07) is 0. The Morgan fingerprint density at radius 1 is 1.40 bits per heavy atom. The first-order valence-electron chi connectivity index (χ1n) is 6.94. The van der Waals surface area contributed by atoms with Crippen LogP contribution in [0.5, 0.6) is 0 Å². The topological polar surface area (TPSA) is 61.8 Å². The summed E-state index contributed by atoms with van der Waals surface area (Å²) in [5, 5.41) is 3.29. The number of likely N-dealkylation sites (tertiary alicyclic amines) is 1. The molecule has 0 saturated carbocycles. The Hall–Kier alpha value is -0.0500. The number of halogens is 1. The molecule has 0 bridgehead atoms. The molecule has 5 nitrogen and oxygen atoms in total. The standard InChI is InChI=1S/C13H27N3O2S.HI/c1-5-14-12(15-8-6-10-19(4,17)18)16-9-7-13(2,3)11-16;/h5-11H2,1-4H3,(H,14,15);1H. The molecule has 1 aliphatic heterocycles. The predicted molar refractivity (Wildman–Crippen MR) is 95.7 cm³/mol. The number of guanidine groups is 1. The SMILES string of the molecule is CCNC(=NCCCS(C)(=O)=O)N1CCC(C)(C)C1.I. The Bertz CT molecular complexity index is 421. The van der Waals surface area contributed by atoms with Crippen molar-refractivity contribution in [3.63, 3.8) is 0 Å². The van der Waals surface area contributed by atoms with Crippen LogP contribution in [0.15, 0.2) is 4.99 Å². The van der Waals surface area contributed by atoms with Crippen LogP contribution in [0.3, 0.4) is 0 Å². The molecule has 0 aromatic heterocycles. The van der Waals surface area contributed by atoms with Crippen molar-refractivity contribution < 1.29 is 8.42 Å². The van der Waals surface area contributed by atoms with Gasteiger partial charge in [-0.1, -0.05) is 13.8 Å². The highest BCUT2D eigenvalue weighted by atomic mass is 127. The molecule has 0 amide bonds. The molecular formula is C13H28IN3O2S. The van der Waals surface area contributed by atoms with E-state index in [1.54, 1.807) is 0 Å². The van der Waals surface area contributed by atoms with Crippen LogP contribution in [0.4, 0.5) is 0 Å². The van der Waals surface area contributed by atoms with Gasteiger partial charge >= 0.3 is 0 Å². The van der Waals surface area contributed by atoms with Crippen LogP contribution in [0.1, 0.15) is 33.6 Å². The van der Waals surface area contributed by atoms with Gasteiger partial charge in [0.25, 0.3) is 0 Å². The van der Waals surface area contributed by atoms with Gasteiger partial charge in [0, 0.05) is 32.4 Å². The molecular weight excluding hydrogens is 389 g/mol. The Balaban J connectivity index is 0.00000361. The minimum Gasteiger partial charge on any atom is -0.357 e. The molecule has 1 saturated heterocycles. The van der Waals surface area contributed by atoms with Gasteiger partial charge in [-0.25, -0.2) is 8.42 Å². The molecule has 0 atom stereocenters. The number of nitrogens with zero attached hydrogens (tertiary/aromatic N) is 2. The Labute approximate surface area is 140 Å². The highest BCUT2D eigenvalue weighted by Crippen LogP contribution is 2.28. The highest BCUT2D eigenvalue weighted by molar-refractivity contribution is 14.0. The van der Waals surface area contributed by atoms with E-state index in [-0.39, 0.29) is 29.7 Å². The van der Waals surface area contributed by atoms with Gasteiger partial charge in [0.2, 0.25) is 0 Å². The largest absolute Gasteiger partial charge is 0.357 e. The molecule has 0 aliphatic carbocycles. The van der Waals surface area contributed by atoms with E-state index in [2.05, 4.69) is 29.1 Å². The Kier molecular flexibility index (Phi) is 8.39. The summed E-state index contributed by atoms with van der Waals surface area (Å²) < 4.78 is 22.1. The van der Waals surface area contributed by atoms with Crippen LogP contribution in [-0.2, 0) is 9.84 Å². The lowest BCUT2D eigenvalue weighted by Crippen LogP contribution is -2.40. The van der Waals surface area contributed by atoms with Gasteiger partial charge in [-0.15, -0.1) is 24.0 Å². The molecule has 0 radical (unpaired) electrons. The molecule has 20 heavy (non-hydrogen) atoms. The first-order valence-corrected chi connectivity index (χ1v) is 9.00. The van der Waals surface area contributed by atoms with Crippen LogP contribution < -0.4 is 5.32 Å². The molecule has 0 aromatic carbocycles. The van der Waals surface area contributed by atoms with Gasteiger partial charge in [-0.2, -0.15) is 0 Å². The molecule has 1 aliphatic rings. The summed E-state index contributed by atoms with van der Waals surface area (Å²) in [5.74, 6) is 1.13. The van der Waals surface area contributed by atoms with Crippen molar-refractivity contribution >= 4 is 39.8 Å². The smallest absolute Gasteiger partial charge is 0.193 e. The van der Waals surface area contributed by atoms with E-state index in [1.807, 2.05) is 6.92 Å². The third-order valence-corrected chi connectivity index (χ3v) is 4.28. The van der Waals surface area contributed by atoms with Gasteiger partial charge in [0.05, 0.1) is 5.75 Å². The van der Waals surface area contributed by atoms with Crippen LogP contribution in [0.2, 0.25) is 0 Å². The van der Waals surface area contributed by atoms with Gasteiger partial charge in [-0.05, 0) is 25.2 Å². The normalized spacial score (nSPS) is 18.8. The first-order chi connectivity index (χ1) is 8.73. The van der Waals surface area contributed by atoms with Crippen molar-refractivity contribution in [1.29, 1.82) is 0 Å². The van der Waals surface area contributed by atoms with Crippen LogP contribution in [-0.4, -0.2) is 57.5 Å². The number of sulfone groups is 1. The van der Waals surface area contributed by atoms with Crippen molar-refractivity contribution in [2.75, 3.05) is 38.2 Å². The monoisotopic (exact) mass is 417 g/mol. The molecule has 1 heterocycles. The summed E-state index contributed by atoms with van der Waals surface area (Å²) in [5.41, 5.74) is 0.336.